The summed E-state index contributed by atoms with van der Waals surface area (Å²) in [5, 5.41) is 9.29. The molecule has 1 aliphatic heterocycles. The molecular formula is C8H13F3N2O2. The second kappa shape index (κ2) is 3.08. The van der Waals surface area contributed by atoms with Crippen LogP contribution in [0, 0.1) is 0 Å². The highest BCUT2D eigenvalue weighted by molar-refractivity contribution is 5.87. The number of nitrogens with zero attached hydrogens (tertiary/aromatic N) is 1. The molecule has 1 rings (SSSR count). The van der Waals surface area contributed by atoms with Crippen LogP contribution in [0.3, 0.4) is 0 Å². The zero-order valence-electron chi connectivity index (χ0n) is 8.43. The topological polar surface area (TPSA) is 66.6 Å². The molecule has 0 spiro atoms. The quantitative estimate of drug-likeness (QED) is 0.654. The normalized spacial score (nSPS) is 24.3. The first-order chi connectivity index (χ1) is 6.47. The second-order valence-corrected chi connectivity index (χ2v) is 4.36. The van der Waals surface area contributed by atoms with Gasteiger partial charge in [0.25, 0.3) is 5.91 Å². The Bertz CT molecular complexity index is 278. The van der Waals surface area contributed by atoms with E-state index >= 15 is 0 Å². The summed E-state index contributed by atoms with van der Waals surface area (Å²) >= 11 is 0. The lowest BCUT2D eigenvalue weighted by Gasteiger charge is -2.46. The number of halogens is 3. The second-order valence-electron chi connectivity index (χ2n) is 4.36. The highest BCUT2D eigenvalue weighted by Crippen LogP contribution is 2.32. The van der Waals surface area contributed by atoms with Crippen LogP contribution >= 0.6 is 0 Å². The van der Waals surface area contributed by atoms with Crippen molar-refractivity contribution in [3.63, 3.8) is 0 Å². The molecule has 1 heterocycles. The molecule has 1 saturated heterocycles. The highest BCUT2D eigenvalue weighted by atomic mass is 19.4. The van der Waals surface area contributed by atoms with Gasteiger partial charge in [0.2, 0.25) is 0 Å². The van der Waals surface area contributed by atoms with Crippen LogP contribution in [0.1, 0.15) is 13.8 Å². The first kappa shape index (κ1) is 12.3. The van der Waals surface area contributed by atoms with Crippen molar-refractivity contribution in [2.75, 3.05) is 13.1 Å². The predicted octanol–water partition coefficient (Wildman–Crippen LogP) is -0.141. The fourth-order valence-corrected chi connectivity index (χ4v) is 1.37. The molecule has 0 aromatic rings. The summed E-state index contributed by atoms with van der Waals surface area (Å²) in [7, 11) is 0. The number of carbonyl (C=O) groups is 1. The zero-order valence-corrected chi connectivity index (χ0v) is 8.43. The maximum atomic E-state index is 12.4. The van der Waals surface area contributed by atoms with Crippen LogP contribution in [0.5, 0.6) is 0 Å². The Hall–Kier alpha value is -0.820. The number of amides is 1. The predicted molar refractivity (Wildman–Crippen MR) is 45.9 cm³/mol. The number of β-amino-alcohol motifs (C(OH)–C–C–N with tert-alkyl or cyclic N) is 1. The summed E-state index contributed by atoms with van der Waals surface area (Å²) in [5.74, 6) is -1.21. The van der Waals surface area contributed by atoms with Crippen LogP contribution in [-0.4, -0.2) is 46.3 Å². The molecule has 15 heavy (non-hydrogen) atoms. The molecule has 88 valence electrons. The van der Waals surface area contributed by atoms with Gasteiger partial charge in [-0.1, -0.05) is 0 Å². The molecule has 0 aromatic heterocycles. The van der Waals surface area contributed by atoms with Gasteiger partial charge in [0.15, 0.2) is 5.54 Å². The average molecular weight is 226 g/mol. The van der Waals surface area contributed by atoms with E-state index in [1.165, 1.54) is 6.92 Å². The summed E-state index contributed by atoms with van der Waals surface area (Å²) in [6.45, 7) is 1.84. The standard InChI is InChI=1S/C8H13F3N2O2/c1-6(15)3-13(4-6)5(14)7(2,12)8(9,10)11/h15H,3-4,12H2,1-2H3. The van der Waals surface area contributed by atoms with Crippen LogP contribution < -0.4 is 5.73 Å². The van der Waals surface area contributed by atoms with Crippen molar-refractivity contribution in [2.24, 2.45) is 5.73 Å². The van der Waals surface area contributed by atoms with Gasteiger partial charge >= 0.3 is 6.18 Å². The molecule has 0 aromatic carbocycles. The minimum atomic E-state index is -4.79. The molecule has 3 N–H and O–H groups in total. The van der Waals surface area contributed by atoms with E-state index in [1.807, 2.05) is 0 Å². The van der Waals surface area contributed by atoms with Gasteiger partial charge in [0.05, 0.1) is 18.7 Å². The first-order valence-corrected chi connectivity index (χ1v) is 4.35. The van der Waals surface area contributed by atoms with E-state index in [4.69, 9.17) is 5.73 Å². The summed E-state index contributed by atoms with van der Waals surface area (Å²) in [5.41, 5.74) is 0.953. The van der Waals surface area contributed by atoms with Gasteiger partial charge in [-0.2, -0.15) is 13.2 Å². The van der Waals surface area contributed by atoms with Gasteiger partial charge in [-0.25, -0.2) is 0 Å². The highest BCUT2D eigenvalue weighted by Gasteiger charge is 2.57. The Morgan fingerprint density at radius 2 is 1.87 bits per heavy atom. The van der Waals surface area contributed by atoms with Crippen molar-refractivity contribution in [3.05, 3.63) is 0 Å². The molecule has 1 atom stereocenters. The molecular weight excluding hydrogens is 213 g/mol. The number of aliphatic hydroxyl groups is 1. The number of alkyl halides is 3. The molecule has 1 fully saturated rings. The van der Waals surface area contributed by atoms with Gasteiger partial charge in [0, 0.05) is 0 Å². The lowest BCUT2D eigenvalue weighted by atomic mass is 9.92. The molecule has 0 bridgehead atoms. The van der Waals surface area contributed by atoms with E-state index in [0.717, 1.165) is 4.90 Å². The monoisotopic (exact) mass is 226 g/mol. The third kappa shape index (κ3) is 2.07. The van der Waals surface area contributed by atoms with Crippen LogP contribution in [0.2, 0.25) is 0 Å². The Morgan fingerprint density at radius 1 is 1.47 bits per heavy atom. The molecule has 1 amide bonds. The summed E-state index contributed by atoms with van der Waals surface area (Å²) in [6.07, 6.45) is -4.79. The van der Waals surface area contributed by atoms with Gasteiger partial charge in [0.1, 0.15) is 0 Å². The molecule has 4 nitrogen and oxygen atoms in total. The van der Waals surface area contributed by atoms with Gasteiger partial charge in [-0.05, 0) is 13.8 Å². The van der Waals surface area contributed by atoms with E-state index in [0.29, 0.717) is 6.92 Å². The number of nitrogens with two attached hydrogens (primary N) is 1. The molecule has 0 aliphatic carbocycles. The van der Waals surface area contributed by atoms with Crippen molar-refractivity contribution >= 4 is 5.91 Å². The molecule has 1 aliphatic rings. The number of hydrogen-bond donors (Lipinski definition) is 2. The van der Waals surface area contributed by atoms with Gasteiger partial charge < -0.3 is 15.7 Å². The third-order valence-corrected chi connectivity index (χ3v) is 2.38. The van der Waals surface area contributed by atoms with E-state index in [1.54, 1.807) is 0 Å². The van der Waals surface area contributed by atoms with Crippen molar-refractivity contribution < 1.29 is 23.1 Å². The van der Waals surface area contributed by atoms with Crippen molar-refractivity contribution in [1.82, 2.24) is 4.90 Å². The number of rotatable bonds is 1. The van der Waals surface area contributed by atoms with Crippen LogP contribution in [0.15, 0.2) is 0 Å². The fraction of sp³-hybridized carbons (Fsp3) is 0.875. The molecule has 0 saturated carbocycles. The van der Waals surface area contributed by atoms with E-state index in [-0.39, 0.29) is 13.1 Å². The maximum absolute atomic E-state index is 12.4. The molecule has 0 radical (unpaired) electrons. The lowest BCUT2D eigenvalue weighted by molar-refractivity contribution is -0.203. The van der Waals surface area contributed by atoms with Crippen molar-refractivity contribution in [3.8, 4) is 0 Å². The minimum Gasteiger partial charge on any atom is -0.386 e. The van der Waals surface area contributed by atoms with Crippen LogP contribution in [0.25, 0.3) is 0 Å². The number of likely N-dealkylation sites (tertiary alicyclic amines) is 1. The Balaban J connectivity index is 2.71. The van der Waals surface area contributed by atoms with Gasteiger partial charge in [-0.3, -0.25) is 4.79 Å². The Morgan fingerprint density at radius 3 is 2.13 bits per heavy atom. The summed E-state index contributed by atoms with van der Waals surface area (Å²) in [6, 6.07) is 0. The largest absolute Gasteiger partial charge is 0.415 e. The third-order valence-electron chi connectivity index (χ3n) is 2.38. The summed E-state index contributed by atoms with van der Waals surface area (Å²) in [4.78, 5) is 12.2. The van der Waals surface area contributed by atoms with E-state index in [2.05, 4.69) is 0 Å². The zero-order chi connectivity index (χ0) is 12.1. The first-order valence-electron chi connectivity index (χ1n) is 4.35. The average Bonchev–Trinajstić information content (AvgIpc) is 1.96. The minimum absolute atomic E-state index is 0.116. The fourth-order valence-electron chi connectivity index (χ4n) is 1.37. The van der Waals surface area contributed by atoms with Crippen molar-refractivity contribution in [2.45, 2.75) is 31.2 Å². The summed E-state index contributed by atoms with van der Waals surface area (Å²) < 4.78 is 37.1. The number of carbonyl (C=O) groups excluding carboxylic acids is 1. The number of hydrogen-bond acceptors (Lipinski definition) is 3. The van der Waals surface area contributed by atoms with Crippen molar-refractivity contribution in [1.29, 1.82) is 0 Å². The maximum Gasteiger partial charge on any atom is 0.415 e. The Labute approximate surface area is 84.8 Å². The lowest BCUT2D eigenvalue weighted by Crippen LogP contribution is -2.70. The molecule has 7 heteroatoms. The Kier molecular flexibility index (Phi) is 2.52. The van der Waals surface area contributed by atoms with E-state index < -0.39 is 23.2 Å². The van der Waals surface area contributed by atoms with Crippen LogP contribution in [0.4, 0.5) is 13.2 Å². The van der Waals surface area contributed by atoms with E-state index in [9.17, 15) is 23.1 Å². The molecule has 1 unspecified atom stereocenters. The smallest absolute Gasteiger partial charge is 0.386 e. The van der Waals surface area contributed by atoms with Crippen LogP contribution in [-0.2, 0) is 4.79 Å². The van der Waals surface area contributed by atoms with Gasteiger partial charge in [-0.15, -0.1) is 0 Å². The SMILES string of the molecule is CC1(O)CN(C(=O)C(C)(N)C(F)(F)F)C1.